The van der Waals surface area contributed by atoms with E-state index in [4.69, 9.17) is 14.2 Å². The summed E-state index contributed by atoms with van der Waals surface area (Å²) in [6.45, 7) is 6.04. The molecule has 1 fully saturated rings. The molecule has 0 N–H and O–H groups in total. The summed E-state index contributed by atoms with van der Waals surface area (Å²) in [7, 11) is 1.43. The van der Waals surface area contributed by atoms with Crippen LogP contribution in [0.2, 0.25) is 0 Å². The molecule has 1 aliphatic heterocycles. The minimum absolute atomic E-state index is 0.0237. The molecule has 1 aromatic carbocycles. The van der Waals surface area contributed by atoms with Crippen molar-refractivity contribution < 1.29 is 23.8 Å². The third-order valence-electron chi connectivity index (χ3n) is 5.87. The van der Waals surface area contributed by atoms with Gasteiger partial charge >= 0.3 is 0 Å². The lowest BCUT2D eigenvalue weighted by Crippen LogP contribution is -2.63. The third-order valence-corrected chi connectivity index (χ3v) is 5.87. The van der Waals surface area contributed by atoms with Crippen molar-refractivity contribution in [1.82, 2.24) is 0 Å². The van der Waals surface area contributed by atoms with Gasteiger partial charge in [-0.25, -0.2) is 0 Å². The van der Waals surface area contributed by atoms with E-state index in [0.717, 1.165) is 5.56 Å². The maximum Gasteiger partial charge on any atom is 0.231 e. The summed E-state index contributed by atoms with van der Waals surface area (Å²) >= 11 is 0. The Labute approximate surface area is 146 Å². The van der Waals surface area contributed by atoms with Gasteiger partial charge in [-0.15, -0.1) is 6.58 Å². The number of Topliss-reactive ketones (excluding diaryl/α,β-unsaturated/α-hetero) is 1. The van der Waals surface area contributed by atoms with Crippen molar-refractivity contribution >= 4 is 11.6 Å². The number of fused-ring (bicyclic) bond motifs is 2. The van der Waals surface area contributed by atoms with E-state index < -0.39 is 5.41 Å². The largest absolute Gasteiger partial charge is 0.493 e. The fourth-order valence-corrected chi connectivity index (χ4v) is 4.92. The summed E-state index contributed by atoms with van der Waals surface area (Å²) in [5.74, 6) is 0.969. The zero-order valence-corrected chi connectivity index (χ0v) is 14.3. The number of hydrogen-bond acceptors (Lipinski definition) is 5. The highest BCUT2D eigenvalue weighted by Gasteiger charge is 2.67. The molecule has 1 aromatic rings. The van der Waals surface area contributed by atoms with Crippen molar-refractivity contribution in [3.8, 4) is 11.5 Å². The Morgan fingerprint density at radius 2 is 2.04 bits per heavy atom. The first kappa shape index (κ1) is 15.9. The van der Waals surface area contributed by atoms with Crippen molar-refractivity contribution in [3.05, 3.63) is 48.3 Å². The zero-order chi connectivity index (χ0) is 17.8. The number of ether oxygens (including phenoxy) is 3. The van der Waals surface area contributed by atoms with Crippen LogP contribution in [0.1, 0.15) is 24.8 Å². The molecule has 0 unspecified atom stereocenters. The van der Waals surface area contributed by atoms with Crippen LogP contribution in [0.3, 0.4) is 0 Å². The molecule has 130 valence electrons. The highest BCUT2D eigenvalue weighted by atomic mass is 16.7. The molecular weight excluding hydrogens is 320 g/mol. The van der Waals surface area contributed by atoms with Gasteiger partial charge in [0.15, 0.2) is 23.0 Å². The van der Waals surface area contributed by atoms with Crippen LogP contribution in [0.15, 0.2) is 42.7 Å². The van der Waals surface area contributed by atoms with Crippen LogP contribution < -0.4 is 9.47 Å². The van der Waals surface area contributed by atoms with Gasteiger partial charge in [0, 0.05) is 17.9 Å². The van der Waals surface area contributed by atoms with Crippen LogP contribution in [0, 0.1) is 17.3 Å². The first-order chi connectivity index (χ1) is 12.0. The molecule has 5 nitrogen and oxygen atoms in total. The van der Waals surface area contributed by atoms with Crippen LogP contribution in [0.25, 0.3) is 0 Å². The van der Waals surface area contributed by atoms with E-state index in [-0.39, 0.29) is 41.9 Å². The highest BCUT2D eigenvalue weighted by Crippen LogP contribution is 2.66. The van der Waals surface area contributed by atoms with Gasteiger partial charge in [-0.1, -0.05) is 19.1 Å². The van der Waals surface area contributed by atoms with Crippen molar-refractivity contribution in [2.24, 2.45) is 17.3 Å². The molecule has 0 bridgehead atoms. The van der Waals surface area contributed by atoms with Gasteiger partial charge in [0.2, 0.25) is 12.6 Å². The van der Waals surface area contributed by atoms with Gasteiger partial charge in [0.05, 0.1) is 12.5 Å². The number of carbonyl (C=O) groups excluding carboxylic acids is 2. The smallest absolute Gasteiger partial charge is 0.231 e. The lowest BCUT2D eigenvalue weighted by atomic mass is 9.40. The molecule has 4 rings (SSSR count). The molecule has 3 aliphatic rings. The van der Waals surface area contributed by atoms with Gasteiger partial charge in [0.25, 0.3) is 0 Å². The van der Waals surface area contributed by atoms with E-state index >= 15 is 0 Å². The molecule has 0 radical (unpaired) electrons. The Balaban J connectivity index is 1.81. The van der Waals surface area contributed by atoms with Gasteiger partial charge in [-0.3, -0.25) is 9.59 Å². The Kier molecular flexibility index (Phi) is 3.49. The summed E-state index contributed by atoms with van der Waals surface area (Å²) in [5, 5.41) is 0. The second-order valence-corrected chi connectivity index (χ2v) is 6.90. The van der Waals surface area contributed by atoms with Crippen LogP contribution in [-0.4, -0.2) is 25.5 Å². The number of methoxy groups -OCH3 is 1. The van der Waals surface area contributed by atoms with Gasteiger partial charge in [-0.2, -0.15) is 0 Å². The number of allylic oxidation sites excluding steroid dienone is 3. The number of hydrogen-bond donors (Lipinski definition) is 0. The summed E-state index contributed by atoms with van der Waals surface area (Å²) in [6.07, 6.45) is 3.54. The average molecular weight is 340 g/mol. The normalized spacial score (nSPS) is 32.6. The minimum atomic E-state index is -0.784. The molecule has 1 heterocycles. The molecule has 25 heavy (non-hydrogen) atoms. The summed E-state index contributed by atoms with van der Waals surface area (Å²) in [5.41, 5.74) is 0.207. The van der Waals surface area contributed by atoms with Crippen molar-refractivity contribution in [1.29, 1.82) is 0 Å². The van der Waals surface area contributed by atoms with Crippen molar-refractivity contribution in [3.63, 3.8) is 0 Å². The SMILES string of the molecule is C=CC[C@@]12C(=O)C=C(OC)C(=O)[C@@H]1[C@H](C)[C@H]2c1ccc2c(c1)OCO2. The summed E-state index contributed by atoms with van der Waals surface area (Å²) < 4.78 is 16.0. The molecule has 0 spiro atoms. The lowest BCUT2D eigenvalue weighted by molar-refractivity contribution is -0.161. The highest BCUT2D eigenvalue weighted by molar-refractivity contribution is 6.13. The second-order valence-electron chi connectivity index (χ2n) is 6.90. The number of benzene rings is 1. The lowest BCUT2D eigenvalue weighted by Gasteiger charge is -2.60. The van der Waals surface area contributed by atoms with Gasteiger partial charge < -0.3 is 14.2 Å². The summed E-state index contributed by atoms with van der Waals surface area (Å²) in [4.78, 5) is 25.8. The van der Waals surface area contributed by atoms with E-state index in [1.807, 2.05) is 25.1 Å². The molecule has 5 heteroatoms. The maximum absolute atomic E-state index is 13.0. The molecule has 0 aromatic heterocycles. The fraction of sp³-hybridized carbons (Fsp3) is 0.400. The van der Waals surface area contributed by atoms with E-state index in [2.05, 4.69) is 6.58 Å². The molecule has 1 saturated carbocycles. The summed E-state index contributed by atoms with van der Waals surface area (Å²) in [6, 6.07) is 5.76. The molecule has 2 aliphatic carbocycles. The van der Waals surface area contributed by atoms with Crippen LogP contribution >= 0.6 is 0 Å². The van der Waals surface area contributed by atoms with Crippen molar-refractivity contribution in [2.75, 3.05) is 13.9 Å². The molecule has 0 saturated heterocycles. The first-order valence-corrected chi connectivity index (χ1v) is 8.39. The average Bonchev–Trinajstić information content (AvgIpc) is 3.05. The Morgan fingerprint density at radius 3 is 2.76 bits per heavy atom. The standard InChI is InChI=1S/C20H20O5/c1-4-7-20-16(21)9-15(23-3)19(22)18(20)11(2)17(20)12-5-6-13-14(8-12)25-10-24-13/h4-6,8-9,11,17-18H,1,7,10H2,2-3H3/t11-,17+,18+,20+/m1/s1. The molecular formula is C20H20O5. The first-order valence-electron chi connectivity index (χ1n) is 8.39. The Hall–Kier alpha value is -2.56. The number of carbonyl (C=O) groups is 2. The van der Waals surface area contributed by atoms with E-state index in [9.17, 15) is 9.59 Å². The fourth-order valence-electron chi connectivity index (χ4n) is 4.92. The molecule has 4 atom stereocenters. The van der Waals surface area contributed by atoms with E-state index in [1.54, 1.807) is 6.08 Å². The van der Waals surface area contributed by atoms with Gasteiger partial charge in [-0.05, 0) is 30.0 Å². The van der Waals surface area contributed by atoms with Crippen LogP contribution in [-0.2, 0) is 14.3 Å². The van der Waals surface area contributed by atoms with Gasteiger partial charge in [0.1, 0.15) is 0 Å². The van der Waals surface area contributed by atoms with Crippen LogP contribution in [0.5, 0.6) is 11.5 Å². The third kappa shape index (κ3) is 1.95. The predicted octanol–water partition coefficient (Wildman–Crippen LogP) is 3.01. The number of ketones is 2. The van der Waals surface area contributed by atoms with E-state index in [0.29, 0.717) is 17.9 Å². The van der Waals surface area contributed by atoms with Crippen molar-refractivity contribution in [2.45, 2.75) is 19.3 Å². The monoisotopic (exact) mass is 340 g/mol. The van der Waals surface area contributed by atoms with Crippen LogP contribution in [0.4, 0.5) is 0 Å². The minimum Gasteiger partial charge on any atom is -0.493 e. The number of rotatable bonds is 4. The predicted molar refractivity (Wildman–Crippen MR) is 90.3 cm³/mol. The quantitative estimate of drug-likeness (QED) is 0.789. The second kappa shape index (κ2) is 5.48. The molecule has 0 amide bonds. The Morgan fingerprint density at radius 1 is 1.28 bits per heavy atom. The zero-order valence-electron chi connectivity index (χ0n) is 14.3. The maximum atomic E-state index is 13.0. The van der Waals surface area contributed by atoms with E-state index in [1.165, 1.54) is 13.2 Å². The Bertz CT molecular complexity index is 808. The topological polar surface area (TPSA) is 61.8 Å².